The van der Waals surface area contributed by atoms with E-state index in [9.17, 15) is 0 Å². The third-order valence-electron chi connectivity index (χ3n) is 10.7. The Hall–Kier alpha value is -6.58. The van der Waals surface area contributed by atoms with Crippen molar-refractivity contribution >= 4 is 21.9 Å². The van der Waals surface area contributed by atoms with Gasteiger partial charge in [-0.05, 0) is 57.1 Å². The summed E-state index contributed by atoms with van der Waals surface area (Å²) in [5, 5.41) is 2.21. The Morgan fingerprint density at radius 3 is 1.62 bits per heavy atom. The van der Waals surface area contributed by atoms with Crippen LogP contribution in [0.5, 0.6) is 0 Å². The van der Waals surface area contributed by atoms with Crippen molar-refractivity contribution < 1.29 is 4.42 Å². The highest BCUT2D eigenvalue weighted by atomic mass is 16.3. The van der Waals surface area contributed by atoms with Crippen molar-refractivity contribution in [3.8, 4) is 56.2 Å². The van der Waals surface area contributed by atoms with E-state index >= 15 is 0 Å². The molecule has 2 heterocycles. The molecule has 9 aromatic rings. The van der Waals surface area contributed by atoms with Crippen molar-refractivity contribution in [2.45, 2.75) is 5.41 Å². The SMILES string of the molecule is c1ccc(-c2cc(-c3ccc4c(c3)oc3c5c(ccc34)C3(c4ccccc4-c4ccccc43)c3ccccc3-5)nc(-c3ccccc3)n2)cc1. The van der Waals surface area contributed by atoms with Gasteiger partial charge in [0.05, 0.1) is 16.8 Å². The number of benzene rings is 7. The van der Waals surface area contributed by atoms with Gasteiger partial charge in [-0.15, -0.1) is 0 Å². The van der Waals surface area contributed by atoms with Crippen LogP contribution in [0.1, 0.15) is 22.3 Å². The summed E-state index contributed by atoms with van der Waals surface area (Å²) in [5.41, 5.74) is 16.4. The molecule has 0 fully saturated rings. The van der Waals surface area contributed by atoms with Crippen LogP contribution in [0.25, 0.3) is 78.1 Å². The molecule has 2 aliphatic rings. The van der Waals surface area contributed by atoms with E-state index in [2.05, 4.69) is 133 Å². The van der Waals surface area contributed by atoms with E-state index in [-0.39, 0.29) is 0 Å². The molecule has 0 bridgehead atoms. The van der Waals surface area contributed by atoms with Crippen molar-refractivity contribution in [1.29, 1.82) is 0 Å². The number of nitrogens with zero attached hydrogens (tertiary/aromatic N) is 2. The van der Waals surface area contributed by atoms with E-state index in [1.54, 1.807) is 0 Å². The van der Waals surface area contributed by atoms with Crippen molar-refractivity contribution in [3.63, 3.8) is 0 Å². The molecular weight excluding hydrogens is 609 g/mol. The van der Waals surface area contributed by atoms with E-state index in [4.69, 9.17) is 14.4 Å². The molecule has 0 amide bonds. The van der Waals surface area contributed by atoms with Gasteiger partial charge < -0.3 is 4.42 Å². The van der Waals surface area contributed by atoms with E-state index in [1.165, 1.54) is 44.5 Å². The van der Waals surface area contributed by atoms with Crippen LogP contribution in [0, 0.1) is 0 Å². The standard InChI is InChI=1S/C47H28N2O/c1-3-13-29(14-4-1)41-28-42(49-46(48-41)30-15-5-2-6-16-30)31-23-24-34-35-25-26-40-44(45(35)50-43(34)27-31)36-19-9-12-22-39(36)47(40)37-20-10-7-17-32(37)33-18-8-11-21-38(33)47/h1-28H. The number of furan rings is 1. The molecule has 3 heteroatoms. The van der Waals surface area contributed by atoms with E-state index in [1.807, 2.05) is 36.4 Å². The number of fused-ring (bicyclic) bond motifs is 14. The molecule has 50 heavy (non-hydrogen) atoms. The summed E-state index contributed by atoms with van der Waals surface area (Å²) in [6.07, 6.45) is 0. The van der Waals surface area contributed by atoms with Crippen molar-refractivity contribution in [2.24, 2.45) is 0 Å². The lowest BCUT2D eigenvalue weighted by molar-refractivity contribution is 0.669. The van der Waals surface area contributed by atoms with Gasteiger partial charge in [0.15, 0.2) is 5.82 Å². The Morgan fingerprint density at radius 1 is 0.400 bits per heavy atom. The lowest BCUT2D eigenvalue weighted by Crippen LogP contribution is -2.25. The van der Waals surface area contributed by atoms with Crippen LogP contribution in [0.4, 0.5) is 0 Å². The zero-order valence-corrected chi connectivity index (χ0v) is 27.0. The van der Waals surface area contributed by atoms with Gasteiger partial charge in [0, 0.05) is 33.0 Å². The molecule has 0 aliphatic heterocycles. The Bertz CT molecular complexity index is 2710. The van der Waals surface area contributed by atoms with Gasteiger partial charge in [0.2, 0.25) is 0 Å². The van der Waals surface area contributed by atoms with E-state index in [0.29, 0.717) is 5.82 Å². The average Bonchev–Trinajstić information content (AvgIpc) is 3.82. The normalized spacial score (nSPS) is 13.4. The molecule has 11 rings (SSSR count). The predicted molar refractivity (Wildman–Crippen MR) is 202 cm³/mol. The van der Waals surface area contributed by atoms with Gasteiger partial charge in [-0.3, -0.25) is 0 Å². The zero-order valence-electron chi connectivity index (χ0n) is 27.0. The fourth-order valence-corrected chi connectivity index (χ4v) is 8.64. The van der Waals surface area contributed by atoms with Gasteiger partial charge in [-0.25, -0.2) is 9.97 Å². The van der Waals surface area contributed by atoms with Crippen LogP contribution in [-0.4, -0.2) is 9.97 Å². The largest absolute Gasteiger partial charge is 0.455 e. The van der Waals surface area contributed by atoms with Crippen LogP contribution >= 0.6 is 0 Å². The molecule has 2 aliphatic carbocycles. The number of hydrogen-bond donors (Lipinski definition) is 0. The second-order valence-corrected chi connectivity index (χ2v) is 13.3. The summed E-state index contributed by atoms with van der Waals surface area (Å²) >= 11 is 0. The summed E-state index contributed by atoms with van der Waals surface area (Å²) in [6.45, 7) is 0. The van der Waals surface area contributed by atoms with Crippen molar-refractivity contribution in [2.75, 3.05) is 0 Å². The maximum atomic E-state index is 6.98. The molecule has 0 radical (unpaired) electrons. The lowest BCUT2D eigenvalue weighted by Gasteiger charge is -2.30. The van der Waals surface area contributed by atoms with Crippen molar-refractivity contribution in [3.05, 3.63) is 192 Å². The molecule has 0 N–H and O–H groups in total. The maximum Gasteiger partial charge on any atom is 0.160 e. The number of rotatable bonds is 3. The topological polar surface area (TPSA) is 38.9 Å². The highest BCUT2D eigenvalue weighted by molar-refractivity contribution is 6.13. The minimum Gasteiger partial charge on any atom is -0.455 e. The summed E-state index contributed by atoms with van der Waals surface area (Å²) in [7, 11) is 0. The Balaban J connectivity index is 1.14. The van der Waals surface area contributed by atoms with Crippen molar-refractivity contribution in [1.82, 2.24) is 9.97 Å². The first-order valence-corrected chi connectivity index (χ1v) is 17.1. The quantitative estimate of drug-likeness (QED) is 0.194. The first-order valence-electron chi connectivity index (χ1n) is 17.1. The van der Waals surface area contributed by atoms with Gasteiger partial charge in [-0.2, -0.15) is 0 Å². The molecule has 2 aromatic heterocycles. The summed E-state index contributed by atoms with van der Waals surface area (Å²) in [6, 6.07) is 60.4. The van der Waals surface area contributed by atoms with E-state index < -0.39 is 5.41 Å². The summed E-state index contributed by atoms with van der Waals surface area (Å²) in [5.74, 6) is 0.698. The Morgan fingerprint density at radius 2 is 0.940 bits per heavy atom. The number of hydrogen-bond acceptors (Lipinski definition) is 3. The monoisotopic (exact) mass is 636 g/mol. The molecule has 0 atom stereocenters. The first-order chi connectivity index (χ1) is 24.8. The second kappa shape index (κ2) is 10.2. The second-order valence-electron chi connectivity index (χ2n) is 13.3. The zero-order chi connectivity index (χ0) is 32.8. The first kappa shape index (κ1) is 27.4. The molecule has 0 unspecified atom stereocenters. The molecule has 7 aromatic carbocycles. The van der Waals surface area contributed by atoms with Gasteiger partial charge >= 0.3 is 0 Å². The minimum absolute atomic E-state index is 0.403. The average molecular weight is 637 g/mol. The van der Waals surface area contributed by atoms with Crippen LogP contribution in [0.2, 0.25) is 0 Å². The van der Waals surface area contributed by atoms with Gasteiger partial charge in [0.25, 0.3) is 0 Å². The fraction of sp³-hybridized carbons (Fsp3) is 0.0213. The van der Waals surface area contributed by atoms with Crippen LogP contribution in [0.3, 0.4) is 0 Å². The van der Waals surface area contributed by atoms with Gasteiger partial charge in [-0.1, -0.05) is 152 Å². The summed E-state index contributed by atoms with van der Waals surface area (Å²) < 4.78 is 6.98. The van der Waals surface area contributed by atoms with Crippen LogP contribution < -0.4 is 0 Å². The van der Waals surface area contributed by atoms with Crippen LogP contribution in [0.15, 0.2) is 174 Å². The predicted octanol–water partition coefficient (Wildman–Crippen LogP) is 11.7. The number of aromatic nitrogens is 2. The lowest BCUT2D eigenvalue weighted by atomic mass is 9.70. The molecule has 3 nitrogen and oxygen atoms in total. The Labute approximate surface area is 289 Å². The smallest absolute Gasteiger partial charge is 0.160 e. The molecule has 0 saturated carbocycles. The minimum atomic E-state index is -0.403. The molecule has 232 valence electrons. The maximum absolute atomic E-state index is 6.98. The molecule has 1 spiro atoms. The third-order valence-corrected chi connectivity index (χ3v) is 10.7. The van der Waals surface area contributed by atoms with Gasteiger partial charge in [0.1, 0.15) is 11.2 Å². The molecule has 0 saturated heterocycles. The third kappa shape index (κ3) is 3.64. The highest BCUT2D eigenvalue weighted by Crippen LogP contribution is 2.64. The molecular formula is C47H28N2O. The highest BCUT2D eigenvalue weighted by Gasteiger charge is 2.52. The fourth-order valence-electron chi connectivity index (χ4n) is 8.64. The summed E-state index contributed by atoms with van der Waals surface area (Å²) in [4.78, 5) is 10.1. The van der Waals surface area contributed by atoms with E-state index in [0.717, 1.165) is 50.0 Å². The van der Waals surface area contributed by atoms with Crippen LogP contribution in [-0.2, 0) is 5.41 Å². The Kier molecular flexibility index (Phi) is 5.59.